The van der Waals surface area contributed by atoms with Gasteiger partial charge in [0.25, 0.3) is 0 Å². The van der Waals surface area contributed by atoms with Crippen molar-refractivity contribution in [3.63, 3.8) is 0 Å². The molecule has 0 radical (unpaired) electrons. The summed E-state index contributed by atoms with van der Waals surface area (Å²) >= 11 is 0. The molecule has 2 unspecified atom stereocenters. The largest absolute Gasteiger partial charge is 0.466 e. The minimum Gasteiger partial charge on any atom is -0.466 e. The molecule has 6 heteroatoms. The van der Waals surface area contributed by atoms with Gasteiger partial charge in [0.1, 0.15) is 0 Å². The molecule has 0 saturated carbocycles. The Morgan fingerprint density at radius 2 is 0.807 bits per heavy atom. The summed E-state index contributed by atoms with van der Waals surface area (Å²) < 4.78 is 5.45. The third-order valence-electron chi connectivity index (χ3n) is 11.8. The summed E-state index contributed by atoms with van der Waals surface area (Å²) in [5, 5.41) is 23.1. The van der Waals surface area contributed by atoms with E-state index in [4.69, 9.17) is 4.74 Å². The average molecular weight is 806 g/mol. The molecule has 0 aliphatic rings. The van der Waals surface area contributed by atoms with Crippen molar-refractivity contribution >= 4 is 11.9 Å². The Hall–Kier alpha value is -1.40. The Morgan fingerprint density at radius 1 is 0.474 bits per heavy atom. The van der Waals surface area contributed by atoms with Gasteiger partial charge in [-0.25, -0.2) is 0 Å². The van der Waals surface area contributed by atoms with Gasteiger partial charge in [-0.15, -0.1) is 0 Å². The number of unbranched alkanes of at least 4 members (excludes halogenated alkanes) is 36. The zero-order valence-corrected chi connectivity index (χ0v) is 38.3. The van der Waals surface area contributed by atoms with Crippen LogP contribution in [0.15, 0.2) is 12.2 Å². The third-order valence-corrected chi connectivity index (χ3v) is 11.8. The molecular formula is C51H99NO5. The predicted octanol–water partition coefficient (Wildman–Crippen LogP) is 15.0. The van der Waals surface area contributed by atoms with Crippen LogP contribution in [0.1, 0.15) is 277 Å². The molecule has 0 aromatic heterocycles. The van der Waals surface area contributed by atoms with E-state index in [-0.39, 0.29) is 18.5 Å². The van der Waals surface area contributed by atoms with Crippen LogP contribution < -0.4 is 5.32 Å². The number of rotatable bonds is 47. The second kappa shape index (κ2) is 47.3. The topological polar surface area (TPSA) is 95.9 Å². The van der Waals surface area contributed by atoms with E-state index in [9.17, 15) is 19.8 Å². The smallest absolute Gasteiger partial charge is 0.305 e. The van der Waals surface area contributed by atoms with Crippen LogP contribution in [0.2, 0.25) is 0 Å². The first-order chi connectivity index (χ1) is 28.0. The standard InChI is InChI=1S/C51H99NO5/c1-3-5-7-9-11-13-15-17-18-19-21-23-27-31-35-39-43-49(54)48(47-53)52-50(55)44-40-36-32-28-24-22-26-30-34-38-42-46-57-51(56)45-41-37-33-29-25-20-16-14-12-10-8-6-4-2/h39,43,48-49,53-54H,3-38,40-42,44-47H2,1-2H3,(H,52,55)/b43-39+. The number of hydrogen-bond donors (Lipinski definition) is 3. The Morgan fingerprint density at radius 3 is 1.19 bits per heavy atom. The van der Waals surface area contributed by atoms with Crippen molar-refractivity contribution in [3.05, 3.63) is 12.2 Å². The molecule has 1 amide bonds. The Bertz CT molecular complexity index is 847. The SMILES string of the molecule is CCCCCCCCCCCCCCCC/C=C/C(O)C(CO)NC(=O)CCCCCCCCCCCCCOC(=O)CCCCCCCCCCCCCCC. The van der Waals surface area contributed by atoms with Crippen LogP contribution in [-0.4, -0.2) is 47.4 Å². The van der Waals surface area contributed by atoms with Gasteiger partial charge in [-0.05, 0) is 32.1 Å². The summed E-state index contributed by atoms with van der Waals surface area (Å²) in [6.45, 7) is 4.87. The van der Waals surface area contributed by atoms with E-state index in [1.54, 1.807) is 6.08 Å². The fourth-order valence-electron chi connectivity index (χ4n) is 7.87. The number of esters is 1. The van der Waals surface area contributed by atoms with Gasteiger partial charge in [-0.3, -0.25) is 9.59 Å². The number of ether oxygens (including phenoxy) is 1. The first-order valence-corrected chi connectivity index (χ1v) is 25.5. The first-order valence-electron chi connectivity index (χ1n) is 25.5. The second-order valence-corrected chi connectivity index (χ2v) is 17.5. The number of aliphatic hydroxyl groups is 2. The Kier molecular flexibility index (Phi) is 46.1. The highest BCUT2D eigenvalue weighted by Gasteiger charge is 2.18. The summed E-state index contributed by atoms with van der Waals surface area (Å²) in [6.07, 6.45) is 53.4. The minimum absolute atomic E-state index is 0.0137. The van der Waals surface area contributed by atoms with Crippen LogP contribution in [0.25, 0.3) is 0 Å². The molecule has 2 atom stereocenters. The van der Waals surface area contributed by atoms with Gasteiger partial charge < -0.3 is 20.3 Å². The predicted molar refractivity (Wildman–Crippen MR) is 246 cm³/mol. The monoisotopic (exact) mass is 806 g/mol. The lowest BCUT2D eigenvalue weighted by Gasteiger charge is -2.20. The average Bonchev–Trinajstić information content (AvgIpc) is 3.21. The lowest BCUT2D eigenvalue weighted by atomic mass is 10.0. The van der Waals surface area contributed by atoms with E-state index < -0.39 is 12.1 Å². The van der Waals surface area contributed by atoms with E-state index in [1.165, 1.54) is 193 Å². The van der Waals surface area contributed by atoms with Crippen LogP contribution in [-0.2, 0) is 14.3 Å². The van der Waals surface area contributed by atoms with E-state index >= 15 is 0 Å². The van der Waals surface area contributed by atoms with Crippen LogP contribution in [0, 0.1) is 0 Å². The molecule has 0 fully saturated rings. The van der Waals surface area contributed by atoms with Crippen molar-refractivity contribution < 1.29 is 24.5 Å². The minimum atomic E-state index is -0.855. The van der Waals surface area contributed by atoms with Crippen molar-refractivity contribution in [1.29, 1.82) is 0 Å². The van der Waals surface area contributed by atoms with Crippen molar-refractivity contribution in [2.45, 2.75) is 289 Å². The summed E-state index contributed by atoms with van der Waals surface area (Å²) in [5.74, 6) is -0.0989. The molecule has 0 rings (SSSR count). The molecule has 0 aliphatic heterocycles. The highest BCUT2D eigenvalue weighted by atomic mass is 16.5. The number of carbonyl (C=O) groups excluding carboxylic acids is 2. The van der Waals surface area contributed by atoms with Crippen LogP contribution >= 0.6 is 0 Å². The van der Waals surface area contributed by atoms with Crippen molar-refractivity contribution in [3.8, 4) is 0 Å². The molecule has 0 bridgehead atoms. The van der Waals surface area contributed by atoms with Crippen LogP contribution in [0.3, 0.4) is 0 Å². The summed E-state index contributed by atoms with van der Waals surface area (Å²) in [7, 11) is 0. The van der Waals surface area contributed by atoms with Gasteiger partial charge in [0.05, 0.1) is 25.4 Å². The van der Waals surface area contributed by atoms with Crippen LogP contribution in [0.4, 0.5) is 0 Å². The fraction of sp³-hybridized carbons (Fsp3) is 0.922. The van der Waals surface area contributed by atoms with E-state index in [1.807, 2.05) is 6.08 Å². The highest BCUT2D eigenvalue weighted by molar-refractivity contribution is 5.76. The molecule has 0 heterocycles. The number of allylic oxidation sites excluding steroid dienone is 1. The fourth-order valence-corrected chi connectivity index (χ4v) is 7.87. The maximum Gasteiger partial charge on any atom is 0.305 e. The van der Waals surface area contributed by atoms with E-state index in [2.05, 4.69) is 19.2 Å². The molecule has 0 saturated heterocycles. The van der Waals surface area contributed by atoms with E-state index in [0.29, 0.717) is 19.4 Å². The van der Waals surface area contributed by atoms with Gasteiger partial charge in [0.15, 0.2) is 0 Å². The number of nitrogens with one attached hydrogen (secondary N) is 1. The molecule has 3 N–H and O–H groups in total. The lowest BCUT2D eigenvalue weighted by molar-refractivity contribution is -0.143. The third kappa shape index (κ3) is 44.0. The maximum atomic E-state index is 12.4. The molecule has 338 valence electrons. The molecule has 0 aromatic carbocycles. The summed E-state index contributed by atoms with van der Waals surface area (Å²) in [4.78, 5) is 24.4. The number of amides is 1. The van der Waals surface area contributed by atoms with Crippen molar-refractivity contribution in [1.82, 2.24) is 5.32 Å². The quantitative estimate of drug-likeness (QED) is 0.0323. The lowest BCUT2D eigenvalue weighted by Crippen LogP contribution is -2.45. The highest BCUT2D eigenvalue weighted by Crippen LogP contribution is 2.16. The molecular weight excluding hydrogens is 707 g/mol. The van der Waals surface area contributed by atoms with E-state index in [0.717, 1.165) is 57.8 Å². The molecule has 57 heavy (non-hydrogen) atoms. The number of aliphatic hydroxyl groups excluding tert-OH is 2. The Balaban J connectivity index is 3.50. The zero-order chi connectivity index (χ0) is 41.5. The summed E-state index contributed by atoms with van der Waals surface area (Å²) in [6, 6.07) is -0.640. The molecule has 0 aliphatic carbocycles. The van der Waals surface area contributed by atoms with Gasteiger partial charge in [-0.1, -0.05) is 244 Å². The molecule has 6 nitrogen and oxygen atoms in total. The summed E-state index contributed by atoms with van der Waals surface area (Å²) in [5.41, 5.74) is 0. The second-order valence-electron chi connectivity index (χ2n) is 17.5. The number of hydrogen-bond acceptors (Lipinski definition) is 5. The van der Waals surface area contributed by atoms with Gasteiger partial charge in [0.2, 0.25) is 5.91 Å². The van der Waals surface area contributed by atoms with Gasteiger partial charge in [0, 0.05) is 12.8 Å². The Labute approximate surface area is 355 Å². The van der Waals surface area contributed by atoms with Crippen molar-refractivity contribution in [2.24, 2.45) is 0 Å². The zero-order valence-electron chi connectivity index (χ0n) is 38.3. The number of carbonyl (C=O) groups is 2. The van der Waals surface area contributed by atoms with Crippen LogP contribution in [0.5, 0.6) is 0 Å². The van der Waals surface area contributed by atoms with Crippen molar-refractivity contribution in [2.75, 3.05) is 13.2 Å². The molecule has 0 spiro atoms. The molecule has 0 aromatic rings. The first kappa shape index (κ1) is 55.6. The van der Waals surface area contributed by atoms with Gasteiger partial charge in [-0.2, -0.15) is 0 Å². The normalized spacial score (nSPS) is 12.7. The van der Waals surface area contributed by atoms with Gasteiger partial charge >= 0.3 is 5.97 Å². The maximum absolute atomic E-state index is 12.4.